The molecule has 2 N–H and O–H groups in total. The van der Waals surface area contributed by atoms with E-state index in [-0.39, 0.29) is 23.9 Å². The number of rotatable bonds is 4. The zero-order chi connectivity index (χ0) is 18.1. The Morgan fingerprint density at radius 1 is 1.27 bits per heavy atom. The van der Waals surface area contributed by atoms with Crippen molar-refractivity contribution in [2.75, 3.05) is 10.6 Å². The lowest BCUT2D eigenvalue weighted by Crippen LogP contribution is -2.46. The molecule has 0 fully saturated rings. The van der Waals surface area contributed by atoms with Gasteiger partial charge in [-0.25, -0.2) is 4.68 Å². The fraction of sp³-hybridized carbons (Fsp3) is 0.333. The van der Waals surface area contributed by atoms with E-state index in [2.05, 4.69) is 25.8 Å². The molecule has 0 radical (unpaired) electrons. The number of carbonyl (C=O) groups excluding carboxylic acids is 1. The van der Waals surface area contributed by atoms with E-state index in [1.807, 2.05) is 55.1 Å². The van der Waals surface area contributed by atoms with Gasteiger partial charge in [0.05, 0.1) is 18.2 Å². The Morgan fingerprint density at radius 2 is 2.08 bits per heavy atom. The number of hydrogen-bond donors (Lipinski definition) is 2. The van der Waals surface area contributed by atoms with Gasteiger partial charge in [0.1, 0.15) is 6.33 Å². The molecule has 3 atom stereocenters. The number of nitrogens with zero attached hydrogens (tertiary/aromatic N) is 5. The van der Waals surface area contributed by atoms with Crippen LogP contribution in [0.1, 0.15) is 25.5 Å². The van der Waals surface area contributed by atoms with Gasteiger partial charge in [-0.1, -0.05) is 18.2 Å². The lowest BCUT2D eigenvalue weighted by molar-refractivity contribution is -0.121. The van der Waals surface area contributed by atoms with Gasteiger partial charge in [0.15, 0.2) is 0 Å². The van der Waals surface area contributed by atoms with Crippen molar-refractivity contribution in [1.29, 1.82) is 0 Å². The first-order valence-corrected chi connectivity index (χ1v) is 8.71. The van der Waals surface area contributed by atoms with Gasteiger partial charge in [-0.15, -0.1) is 0 Å². The second-order valence-corrected chi connectivity index (χ2v) is 6.42. The standard InChI is InChI=1S/C18H21N7O/c1-3-24-10-13(9-20-24)16-15(12(2)22-18-19-11-21-25(16)18)17(26)23-14-7-5-4-6-8-14/h4-12,15-16H,3H2,1-2H3,(H,23,26)(H,19,21,22)/t12-,15+,16-/m1/s1. The largest absolute Gasteiger partial charge is 0.351 e. The van der Waals surface area contributed by atoms with Crippen LogP contribution in [0.15, 0.2) is 49.1 Å². The summed E-state index contributed by atoms with van der Waals surface area (Å²) in [4.78, 5) is 17.4. The van der Waals surface area contributed by atoms with Crippen LogP contribution in [0.4, 0.5) is 11.6 Å². The summed E-state index contributed by atoms with van der Waals surface area (Å²) in [7, 11) is 0. The minimum absolute atomic E-state index is 0.0633. The Morgan fingerprint density at radius 3 is 2.81 bits per heavy atom. The van der Waals surface area contributed by atoms with E-state index >= 15 is 0 Å². The SMILES string of the molecule is CCn1cc([C@@H]2[C@@H](C(=O)Nc3ccccc3)[C@@H](C)Nc3ncnn32)cn1. The molecule has 0 bridgehead atoms. The summed E-state index contributed by atoms with van der Waals surface area (Å²) >= 11 is 0. The zero-order valence-corrected chi connectivity index (χ0v) is 14.7. The highest BCUT2D eigenvalue weighted by molar-refractivity contribution is 5.94. The number of para-hydroxylation sites is 1. The number of carbonyl (C=O) groups is 1. The number of amides is 1. The molecule has 134 valence electrons. The molecular weight excluding hydrogens is 330 g/mol. The monoisotopic (exact) mass is 351 g/mol. The van der Waals surface area contributed by atoms with Crippen LogP contribution < -0.4 is 10.6 Å². The van der Waals surface area contributed by atoms with Crippen molar-refractivity contribution < 1.29 is 4.79 Å². The van der Waals surface area contributed by atoms with Crippen molar-refractivity contribution in [1.82, 2.24) is 24.5 Å². The summed E-state index contributed by atoms with van der Waals surface area (Å²) in [5.74, 6) is 0.237. The van der Waals surface area contributed by atoms with Crippen LogP contribution in [0, 0.1) is 5.92 Å². The average molecular weight is 351 g/mol. The Labute approximate surface area is 151 Å². The predicted octanol–water partition coefficient (Wildman–Crippen LogP) is 2.15. The van der Waals surface area contributed by atoms with Crippen molar-refractivity contribution in [2.45, 2.75) is 32.5 Å². The number of aromatic nitrogens is 5. The van der Waals surface area contributed by atoms with E-state index in [1.165, 1.54) is 6.33 Å². The van der Waals surface area contributed by atoms with Crippen molar-refractivity contribution >= 4 is 17.5 Å². The summed E-state index contributed by atoms with van der Waals surface area (Å²) in [6, 6.07) is 9.10. The van der Waals surface area contributed by atoms with E-state index in [0.717, 1.165) is 17.8 Å². The molecule has 1 amide bonds. The summed E-state index contributed by atoms with van der Waals surface area (Å²) in [6.45, 7) is 4.79. The summed E-state index contributed by atoms with van der Waals surface area (Å²) in [6.07, 6.45) is 5.28. The van der Waals surface area contributed by atoms with Crippen molar-refractivity contribution in [2.24, 2.45) is 5.92 Å². The molecule has 2 aromatic heterocycles. The molecule has 1 aliphatic rings. The van der Waals surface area contributed by atoms with Crippen LogP contribution in [0.5, 0.6) is 0 Å². The molecule has 1 aromatic carbocycles. The smallest absolute Gasteiger partial charge is 0.232 e. The molecule has 0 aliphatic carbocycles. The molecule has 8 heteroatoms. The highest BCUT2D eigenvalue weighted by Crippen LogP contribution is 2.36. The second-order valence-electron chi connectivity index (χ2n) is 6.42. The van der Waals surface area contributed by atoms with E-state index in [9.17, 15) is 4.79 Å². The number of anilines is 2. The molecule has 1 aliphatic heterocycles. The summed E-state index contributed by atoms with van der Waals surface area (Å²) < 4.78 is 3.62. The van der Waals surface area contributed by atoms with Crippen LogP contribution in [-0.2, 0) is 11.3 Å². The zero-order valence-electron chi connectivity index (χ0n) is 14.7. The second kappa shape index (κ2) is 6.62. The van der Waals surface area contributed by atoms with Gasteiger partial charge >= 0.3 is 0 Å². The van der Waals surface area contributed by atoms with Crippen LogP contribution in [0.3, 0.4) is 0 Å². The van der Waals surface area contributed by atoms with Gasteiger partial charge < -0.3 is 10.6 Å². The predicted molar refractivity (Wildman–Crippen MR) is 97.7 cm³/mol. The third kappa shape index (κ3) is 2.83. The topological polar surface area (TPSA) is 89.7 Å². The first-order chi connectivity index (χ1) is 12.7. The van der Waals surface area contributed by atoms with Crippen molar-refractivity contribution in [3.8, 4) is 0 Å². The lowest BCUT2D eigenvalue weighted by atomic mass is 9.86. The number of fused-ring (bicyclic) bond motifs is 1. The van der Waals surface area contributed by atoms with E-state index in [4.69, 9.17) is 0 Å². The molecule has 3 heterocycles. The lowest BCUT2D eigenvalue weighted by Gasteiger charge is -2.36. The summed E-state index contributed by atoms with van der Waals surface area (Å²) in [5, 5.41) is 15.0. The highest BCUT2D eigenvalue weighted by atomic mass is 16.2. The maximum absolute atomic E-state index is 13.1. The fourth-order valence-electron chi connectivity index (χ4n) is 3.45. The van der Waals surface area contributed by atoms with Gasteiger partial charge in [0, 0.05) is 30.0 Å². The van der Waals surface area contributed by atoms with Crippen molar-refractivity contribution in [3.63, 3.8) is 0 Å². The number of aryl methyl sites for hydroxylation is 1. The average Bonchev–Trinajstić information content (AvgIpc) is 3.30. The summed E-state index contributed by atoms with van der Waals surface area (Å²) in [5.41, 5.74) is 1.72. The minimum atomic E-state index is -0.362. The molecule has 0 saturated heterocycles. The number of nitrogens with one attached hydrogen (secondary N) is 2. The minimum Gasteiger partial charge on any atom is -0.351 e. The number of benzene rings is 1. The van der Waals surface area contributed by atoms with Gasteiger partial charge in [-0.3, -0.25) is 9.48 Å². The molecule has 0 unspecified atom stereocenters. The highest BCUT2D eigenvalue weighted by Gasteiger charge is 2.41. The molecule has 26 heavy (non-hydrogen) atoms. The molecule has 0 spiro atoms. The third-order valence-electron chi connectivity index (χ3n) is 4.73. The maximum atomic E-state index is 13.1. The van der Waals surface area contributed by atoms with Gasteiger partial charge in [-0.2, -0.15) is 15.2 Å². The third-order valence-corrected chi connectivity index (χ3v) is 4.73. The molecule has 4 rings (SSSR count). The van der Waals surface area contributed by atoms with Crippen molar-refractivity contribution in [3.05, 3.63) is 54.6 Å². The van der Waals surface area contributed by atoms with Crippen LogP contribution >= 0.6 is 0 Å². The Balaban J connectivity index is 1.71. The van der Waals surface area contributed by atoms with E-state index in [0.29, 0.717) is 5.95 Å². The Bertz CT molecular complexity index is 901. The molecular formula is C18H21N7O. The maximum Gasteiger partial charge on any atom is 0.232 e. The van der Waals surface area contributed by atoms with Gasteiger partial charge in [0.2, 0.25) is 11.9 Å². The Hall–Kier alpha value is -3.16. The van der Waals surface area contributed by atoms with Gasteiger partial charge in [-0.05, 0) is 26.0 Å². The van der Waals surface area contributed by atoms with Gasteiger partial charge in [0.25, 0.3) is 0 Å². The first-order valence-electron chi connectivity index (χ1n) is 8.71. The molecule has 3 aromatic rings. The molecule has 0 saturated carbocycles. The normalized spacial score (nSPS) is 21.7. The first kappa shape index (κ1) is 16.3. The van der Waals surface area contributed by atoms with Crippen LogP contribution in [0.2, 0.25) is 0 Å². The Kier molecular flexibility index (Phi) is 4.16. The fourth-order valence-corrected chi connectivity index (χ4v) is 3.45. The van der Waals surface area contributed by atoms with E-state index < -0.39 is 0 Å². The number of hydrogen-bond acceptors (Lipinski definition) is 5. The molecule has 8 nitrogen and oxygen atoms in total. The quantitative estimate of drug-likeness (QED) is 0.752. The van der Waals surface area contributed by atoms with Crippen LogP contribution in [-0.4, -0.2) is 36.5 Å². The van der Waals surface area contributed by atoms with E-state index in [1.54, 1.807) is 10.9 Å². The van der Waals surface area contributed by atoms with Crippen LogP contribution in [0.25, 0.3) is 0 Å².